The first-order valence-electron chi connectivity index (χ1n) is 6.50. The van der Waals surface area contributed by atoms with Crippen LogP contribution < -0.4 is 11.1 Å². The molecule has 0 radical (unpaired) electrons. The molecule has 1 heterocycles. The van der Waals surface area contributed by atoms with Crippen LogP contribution in [0, 0.1) is 0 Å². The predicted molar refractivity (Wildman–Crippen MR) is 73.6 cm³/mol. The second-order valence-corrected chi connectivity index (χ2v) is 4.94. The van der Waals surface area contributed by atoms with Crippen molar-refractivity contribution in [1.29, 1.82) is 0 Å². The summed E-state index contributed by atoms with van der Waals surface area (Å²) in [6.07, 6.45) is 1.54. The molecule has 2 amide bonds. The maximum absolute atomic E-state index is 12.0. The monoisotopic (exact) mass is 261 g/mol. The maximum Gasteiger partial charge on any atom is 0.251 e. The van der Waals surface area contributed by atoms with E-state index in [0.717, 1.165) is 13.0 Å². The molecule has 19 heavy (non-hydrogen) atoms. The molecule has 1 aliphatic heterocycles. The molecule has 0 aromatic heterocycles. The SMILES string of the molecule is CC(CN1CCCC1=O)NC(=O)c1ccc(N)cc1. The zero-order valence-electron chi connectivity index (χ0n) is 11.1. The zero-order valence-corrected chi connectivity index (χ0v) is 11.1. The Hall–Kier alpha value is -2.04. The summed E-state index contributed by atoms with van der Waals surface area (Å²) in [5, 5.41) is 2.89. The number of nitrogens with one attached hydrogen (secondary N) is 1. The molecule has 5 nitrogen and oxygen atoms in total. The van der Waals surface area contributed by atoms with Crippen molar-refractivity contribution >= 4 is 17.5 Å². The Morgan fingerprint density at radius 3 is 2.68 bits per heavy atom. The van der Waals surface area contributed by atoms with Crippen LogP contribution >= 0.6 is 0 Å². The number of amides is 2. The van der Waals surface area contributed by atoms with Gasteiger partial charge in [0.25, 0.3) is 5.91 Å². The van der Waals surface area contributed by atoms with E-state index in [0.29, 0.717) is 24.2 Å². The quantitative estimate of drug-likeness (QED) is 0.794. The molecular formula is C14H19N3O2. The molecule has 1 saturated heterocycles. The van der Waals surface area contributed by atoms with Crippen LogP contribution in [0.25, 0.3) is 0 Å². The van der Waals surface area contributed by atoms with E-state index in [4.69, 9.17) is 5.73 Å². The number of likely N-dealkylation sites (tertiary alicyclic amines) is 1. The highest BCUT2D eigenvalue weighted by Crippen LogP contribution is 2.10. The lowest BCUT2D eigenvalue weighted by molar-refractivity contribution is -0.127. The van der Waals surface area contributed by atoms with E-state index in [2.05, 4.69) is 5.32 Å². The van der Waals surface area contributed by atoms with Gasteiger partial charge in [0.1, 0.15) is 0 Å². The number of hydrogen-bond donors (Lipinski definition) is 2. The number of carbonyl (C=O) groups is 2. The first-order chi connectivity index (χ1) is 9.06. The molecule has 0 spiro atoms. The number of anilines is 1. The molecule has 1 aromatic rings. The fourth-order valence-corrected chi connectivity index (χ4v) is 2.21. The molecule has 1 aromatic carbocycles. The topological polar surface area (TPSA) is 75.4 Å². The normalized spacial score (nSPS) is 16.5. The molecule has 0 aliphatic carbocycles. The molecule has 1 aliphatic rings. The minimum Gasteiger partial charge on any atom is -0.399 e. The van der Waals surface area contributed by atoms with Crippen LogP contribution in [0.2, 0.25) is 0 Å². The van der Waals surface area contributed by atoms with Crippen molar-refractivity contribution in [2.45, 2.75) is 25.8 Å². The van der Waals surface area contributed by atoms with Gasteiger partial charge in [0, 0.05) is 36.8 Å². The highest BCUT2D eigenvalue weighted by atomic mass is 16.2. The van der Waals surface area contributed by atoms with Gasteiger partial charge in [-0.05, 0) is 37.6 Å². The van der Waals surface area contributed by atoms with E-state index >= 15 is 0 Å². The summed E-state index contributed by atoms with van der Waals surface area (Å²) in [7, 11) is 0. The van der Waals surface area contributed by atoms with Crippen molar-refractivity contribution in [2.24, 2.45) is 0 Å². The second-order valence-electron chi connectivity index (χ2n) is 4.94. The van der Waals surface area contributed by atoms with E-state index in [-0.39, 0.29) is 17.9 Å². The summed E-state index contributed by atoms with van der Waals surface area (Å²) >= 11 is 0. The van der Waals surface area contributed by atoms with Crippen LogP contribution in [0.3, 0.4) is 0 Å². The van der Waals surface area contributed by atoms with E-state index in [1.54, 1.807) is 29.2 Å². The van der Waals surface area contributed by atoms with Crippen LogP contribution in [0.5, 0.6) is 0 Å². The lowest BCUT2D eigenvalue weighted by Crippen LogP contribution is -2.42. The molecule has 2 rings (SSSR count). The van der Waals surface area contributed by atoms with Crippen LogP contribution in [-0.4, -0.2) is 35.8 Å². The van der Waals surface area contributed by atoms with Crippen molar-refractivity contribution in [1.82, 2.24) is 10.2 Å². The summed E-state index contributed by atoms with van der Waals surface area (Å²) in [4.78, 5) is 25.3. The zero-order chi connectivity index (χ0) is 13.8. The lowest BCUT2D eigenvalue weighted by atomic mass is 10.2. The van der Waals surface area contributed by atoms with Crippen molar-refractivity contribution in [3.8, 4) is 0 Å². The van der Waals surface area contributed by atoms with E-state index in [1.165, 1.54) is 0 Å². The minimum absolute atomic E-state index is 0.0629. The van der Waals surface area contributed by atoms with Gasteiger partial charge in [-0.25, -0.2) is 0 Å². The van der Waals surface area contributed by atoms with Gasteiger partial charge in [-0.2, -0.15) is 0 Å². The van der Waals surface area contributed by atoms with Gasteiger partial charge in [-0.3, -0.25) is 9.59 Å². The van der Waals surface area contributed by atoms with Gasteiger partial charge in [-0.1, -0.05) is 0 Å². The fraction of sp³-hybridized carbons (Fsp3) is 0.429. The summed E-state index contributed by atoms with van der Waals surface area (Å²) in [5.74, 6) is 0.0349. The number of nitrogens with zero attached hydrogens (tertiary/aromatic N) is 1. The third kappa shape index (κ3) is 3.47. The van der Waals surface area contributed by atoms with E-state index < -0.39 is 0 Å². The lowest BCUT2D eigenvalue weighted by Gasteiger charge is -2.21. The second kappa shape index (κ2) is 5.73. The first-order valence-corrected chi connectivity index (χ1v) is 6.50. The highest BCUT2D eigenvalue weighted by Gasteiger charge is 2.22. The van der Waals surface area contributed by atoms with Crippen molar-refractivity contribution in [2.75, 3.05) is 18.8 Å². The fourth-order valence-electron chi connectivity index (χ4n) is 2.21. The van der Waals surface area contributed by atoms with Crippen molar-refractivity contribution < 1.29 is 9.59 Å². The Balaban J connectivity index is 1.87. The maximum atomic E-state index is 12.0. The number of nitrogen functional groups attached to an aromatic ring is 1. The smallest absolute Gasteiger partial charge is 0.251 e. The number of benzene rings is 1. The molecule has 1 atom stereocenters. The Bertz CT molecular complexity index is 470. The summed E-state index contributed by atoms with van der Waals surface area (Å²) < 4.78 is 0. The predicted octanol–water partition coefficient (Wildman–Crippen LogP) is 1.01. The van der Waals surface area contributed by atoms with Crippen molar-refractivity contribution in [3.63, 3.8) is 0 Å². The van der Waals surface area contributed by atoms with Crippen LogP contribution in [0.15, 0.2) is 24.3 Å². The number of rotatable bonds is 4. The van der Waals surface area contributed by atoms with Gasteiger partial charge in [0.15, 0.2) is 0 Å². The molecular weight excluding hydrogens is 242 g/mol. The standard InChI is InChI=1S/C14H19N3O2/c1-10(9-17-8-2-3-13(17)18)16-14(19)11-4-6-12(15)7-5-11/h4-7,10H,2-3,8-9,15H2,1H3,(H,16,19). The molecule has 5 heteroatoms. The average molecular weight is 261 g/mol. The third-order valence-corrected chi connectivity index (χ3v) is 3.22. The molecule has 102 valence electrons. The third-order valence-electron chi connectivity index (χ3n) is 3.22. The van der Waals surface area contributed by atoms with Crippen LogP contribution in [0.1, 0.15) is 30.1 Å². The van der Waals surface area contributed by atoms with Gasteiger partial charge >= 0.3 is 0 Å². The number of carbonyl (C=O) groups excluding carboxylic acids is 2. The Morgan fingerprint density at radius 2 is 2.11 bits per heavy atom. The summed E-state index contributed by atoms with van der Waals surface area (Å²) in [6, 6.07) is 6.72. The van der Waals surface area contributed by atoms with Crippen LogP contribution in [0.4, 0.5) is 5.69 Å². The Kier molecular flexibility index (Phi) is 4.04. The average Bonchev–Trinajstić information content (AvgIpc) is 2.75. The van der Waals surface area contributed by atoms with E-state index in [9.17, 15) is 9.59 Å². The number of nitrogens with two attached hydrogens (primary N) is 1. The van der Waals surface area contributed by atoms with Gasteiger partial charge in [0.05, 0.1) is 0 Å². The van der Waals surface area contributed by atoms with Gasteiger partial charge in [0.2, 0.25) is 5.91 Å². The van der Waals surface area contributed by atoms with Crippen LogP contribution in [-0.2, 0) is 4.79 Å². The molecule has 1 unspecified atom stereocenters. The molecule has 3 N–H and O–H groups in total. The Labute approximate surface area is 112 Å². The highest BCUT2D eigenvalue weighted by molar-refractivity contribution is 5.94. The minimum atomic E-state index is -0.140. The largest absolute Gasteiger partial charge is 0.399 e. The number of hydrogen-bond acceptors (Lipinski definition) is 3. The van der Waals surface area contributed by atoms with E-state index in [1.807, 2.05) is 6.92 Å². The van der Waals surface area contributed by atoms with Gasteiger partial charge in [-0.15, -0.1) is 0 Å². The summed E-state index contributed by atoms with van der Waals surface area (Å²) in [6.45, 7) is 3.27. The molecule has 0 bridgehead atoms. The Morgan fingerprint density at radius 1 is 1.42 bits per heavy atom. The van der Waals surface area contributed by atoms with Crippen molar-refractivity contribution in [3.05, 3.63) is 29.8 Å². The molecule has 0 saturated carbocycles. The molecule has 1 fully saturated rings. The summed E-state index contributed by atoms with van der Waals surface area (Å²) in [5.41, 5.74) is 6.79. The first kappa shape index (κ1) is 13.4. The van der Waals surface area contributed by atoms with Gasteiger partial charge < -0.3 is 16.0 Å².